The summed E-state index contributed by atoms with van der Waals surface area (Å²) >= 11 is 0. The molecule has 0 atom stereocenters. The molecule has 106 valence electrons. The summed E-state index contributed by atoms with van der Waals surface area (Å²) in [6.07, 6.45) is 2.71. The lowest BCUT2D eigenvalue weighted by Gasteiger charge is -2.27. The first-order chi connectivity index (χ1) is 9.41. The molecule has 6 heteroatoms. The molecule has 4 nitrogen and oxygen atoms in total. The lowest BCUT2D eigenvalue weighted by molar-refractivity contribution is 0.0124. The normalized spacial score (nSPS) is 20.6. The molecule has 1 N–H and O–H groups in total. The Morgan fingerprint density at radius 3 is 1.95 bits per heavy atom. The Morgan fingerprint density at radius 2 is 1.50 bits per heavy atom. The van der Waals surface area contributed by atoms with Crippen molar-refractivity contribution in [3.05, 3.63) is 34.9 Å². The van der Waals surface area contributed by atoms with E-state index in [-0.39, 0.29) is 17.7 Å². The van der Waals surface area contributed by atoms with E-state index in [1.165, 1.54) is 0 Å². The molecule has 1 aliphatic carbocycles. The molecule has 2 aliphatic rings. The van der Waals surface area contributed by atoms with E-state index in [4.69, 9.17) is 0 Å². The lowest BCUT2D eigenvalue weighted by Crippen LogP contribution is -2.43. The van der Waals surface area contributed by atoms with Gasteiger partial charge in [-0.3, -0.25) is 14.5 Å². The van der Waals surface area contributed by atoms with Gasteiger partial charge in [-0.1, -0.05) is 12.8 Å². The third-order valence-electron chi connectivity index (χ3n) is 4.00. The Morgan fingerprint density at radius 1 is 1.05 bits per heavy atom. The van der Waals surface area contributed by atoms with Gasteiger partial charge in [0.25, 0.3) is 11.8 Å². The summed E-state index contributed by atoms with van der Waals surface area (Å²) in [7, 11) is 0. The van der Waals surface area contributed by atoms with E-state index in [2.05, 4.69) is 0 Å². The topological polar surface area (TPSA) is 57.6 Å². The molecule has 1 aliphatic heterocycles. The molecule has 0 radical (unpaired) electrons. The molecule has 0 bridgehead atoms. The first-order valence-electron chi connectivity index (χ1n) is 6.49. The second kappa shape index (κ2) is 4.34. The van der Waals surface area contributed by atoms with E-state index < -0.39 is 29.0 Å². The molecule has 1 aromatic rings. The average Bonchev–Trinajstić information content (AvgIpc) is 2.91. The van der Waals surface area contributed by atoms with Crippen LogP contribution in [0.5, 0.6) is 0 Å². The molecule has 1 heterocycles. The monoisotopic (exact) mass is 281 g/mol. The molecule has 0 aromatic heterocycles. The molecule has 1 saturated carbocycles. The molecule has 0 unspecified atom stereocenters. The van der Waals surface area contributed by atoms with Crippen molar-refractivity contribution in [1.82, 2.24) is 4.90 Å². The van der Waals surface area contributed by atoms with Crippen molar-refractivity contribution in [3.63, 3.8) is 0 Å². The smallest absolute Gasteiger partial charge is 0.261 e. The van der Waals surface area contributed by atoms with Gasteiger partial charge in [0, 0.05) is 0 Å². The van der Waals surface area contributed by atoms with Crippen molar-refractivity contribution < 1.29 is 23.5 Å². The van der Waals surface area contributed by atoms with Gasteiger partial charge in [-0.25, -0.2) is 8.78 Å². The zero-order chi connectivity index (χ0) is 14.5. The molecular weight excluding hydrogens is 268 g/mol. The summed E-state index contributed by atoms with van der Waals surface area (Å²) in [5.41, 5.74) is -1.37. The molecule has 0 spiro atoms. The zero-order valence-electron chi connectivity index (χ0n) is 10.7. The number of nitrogens with zero attached hydrogens (tertiary/aromatic N) is 1. The largest absolute Gasteiger partial charge is 0.388 e. The minimum atomic E-state index is -1.16. The number of aliphatic hydroxyl groups is 1. The van der Waals surface area contributed by atoms with Crippen LogP contribution in [0.15, 0.2) is 12.1 Å². The summed E-state index contributed by atoms with van der Waals surface area (Å²) in [4.78, 5) is 25.1. The molecular formula is C14H13F2NO3. The zero-order valence-corrected chi connectivity index (χ0v) is 10.7. The van der Waals surface area contributed by atoms with Crippen LogP contribution in [0.1, 0.15) is 46.4 Å². The fraction of sp³-hybridized carbons (Fsp3) is 0.429. The second-order valence-electron chi connectivity index (χ2n) is 5.44. The van der Waals surface area contributed by atoms with Crippen LogP contribution >= 0.6 is 0 Å². The summed E-state index contributed by atoms with van der Waals surface area (Å²) in [6.45, 7) is -0.122. The van der Waals surface area contributed by atoms with Crippen LogP contribution in [0.4, 0.5) is 8.78 Å². The van der Waals surface area contributed by atoms with Gasteiger partial charge in [0.15, 0.2) is 11.6 Å². The quantitative estimate of drug-likeness (QED) is 0.842. The Hall–Kier alpha value is -1.82. The van der Waals surface area contributed by atoms with Gasteiger partial charge in [-0.2, -0.15) is 0 Å². The predicted octanol–water partition coefficient (Wildman–Crippen LogP) is 1.87. The SMILES string of the molecule is O=C1c2cc(F)c(F)cc2C(=O)N1CC1(O)CCCC1. The van der Waals surface area contributed by atoms with E-state index >= 15 is 0 Å². The number of amides is 2. The van der Waals surface area contributed by atoms with Gasteiger partial charge in [-0.15, -0.1) is 0 Å². The number of carbonyl (C=O) groups excluding carboxylic acids is 2. The number of imide groups is 1. The van der Waals surface area contributed by atoms with Gasteiger partial charge in [0.1, 0.15) is 0 Å². The maximum atomic E-state index is 13.2. The Kier molecular flexibility index (Phi) is 2.86. The minimum Gasteiger partial charge on any atom is -0.388 e. The number of halogens is 2. The summed E-state index contributed by atoms with van der Waals surface area (Å²) in [5, 5.41) is 10.3. The van der Waals surface area contributed by atoms with Crippen molar-refractivity contribution >= 4 is 11.8 Å². The maximum Gasteiger partial charge on any atom is 0.261 e. The third-order valence-corrected chi connectivity index (χ3v) is 4.00. The highest BCUT2D eigenvalue weighted by molar-refractivity contribution is 6.21. The number of fused-ring (bicyclic) bond motifs is 1. The molecule has 1 aromatic carbocycles. The van der Waals surface area contributed by atoms with Crippen LogP contribution in [0.25, 0.3) is 0 Å². The average molecular weight is 281 g/mol. The van der Waals surface area contributed by atoms with Gasteiger partial charge in [-0.05, 0) is 25.0 Å². The van der Waals surface area contributed by atoms with Crippen molar-refractivity contribution in [2.75, 3.05) is 6.54 Å². The predicted molar refractivity (Wildman–Crippen MR) is 65.1 cm³/mol. The Labute approximate surface area is 114 Å². The minimum absolute atomic E-state index is 0.122. The maximum absolute atomic E-state index is 13.2. The number of β-amino-alcohol motifs (C(OH)–C–C–N with tert-alkyl or cyclic N) is 1. The number of hydrogen-bond acceptors (Lipinski definition) is 3. The highest BCUT2D eigenvalue weighted by atomic mass is 19.2. The molecule has 20 heavy (non-hydrogen) atoms. The lowest BCUT2D eigenvalue weighted by atomic mass is 10.0. The fourth-order valence-corrected chi connectivity index (χ4v) is 2.91. The second-order valence-corrected chi connectivity index (χ2v) is 5.44. The molecule has 0 saturated heterocycles. The van der Waals surface area contributed by atoms with E-state index in [1.54, 1.807) is 0 Å². The highest BCUT2D eigenvalue weighted by Gasteiger charge is 2.42. The van der Waals surface area contributed by atoms with Gasteiger partial charge < -0.3 is 5.11 Å². The number of carbonyl (C=O) groups is 2. The van der Waals surface area contributed by atoms with Crippen molar-refractivity contribution in [2.45, 2.75) is 31.3 Å². The van der Waals surface area contributed by atoms with Crippen molar-refractivity contribution in [2.24, 2.45) is 0 Å². The summed E-state index contributed by atoms with van der Waals surface area (Å²) < 4.78 is 26.4. The van der Waals surface area contributed by atoms with E-state index in [9.17, 15) is 23.5 Å². The van der Waals surface area contributed by atoms with Crippen LogP contribution < -0.4 is 0 Å². The molecule has 3 rings (SSSR count). The van der Waals surface area contributed by atoms with Gasteiger partial charge in [0.2, 0.25) is 0 Å². The van der Waals surface area contributed by atoms with Crippen LogP contribution in [0.2, 0.25) is 0 Å². The van der Waals surface area contributed by atoms with Crippen LogP contribution in [0, 0.1) is 11.6 Å². The molecule has 1 fully saturated rings. The number of benzene rings is 1. The molecule has 2 amide bonds. The van der Waals surface area contributed by atoms with Crippen molar-refractivity contribution in [3.8, 4) is 0 Å². The highest BCUT2D eigenvalue weighted by Crippen LogP contribution is 2.33. The summed E-state index contributed by atoms with van der Waals surface area (Å²) in [6, 6.07) is 1.48. The van der Waals surface area contributed by atoms with Crippen LogP contribution in [0.3, 0.4) is 0 Å². The Bertz CT molecular complexity index is 568. The third kappa shape index (κ3) is 1.91. The van der Waals surface area contributed by atoms with Gasteiger partial charge >= 0.3 is 0 Å². The first-order valence-corrected chi connectivity index (χ1v) is 6.49. The van der Waals surface area contributed by atoms with Crippen molar-refractivity contribution in [1.29, 1.82) is 0 Å². The standard InChI is InChI=1S/C14H13F2NO3/c15-10-5-8-9(6-11(10)16)13(19)17(12(8)18)7-14(20)3-1-2-4-14/h5-6,20H,1-4,7H2. The van der Waals surface area contributed by atoms with Crippen LogP contribution in [-0.4, -0.2) is 34.0 Å². The summed E-state index contributed by atoms with van der Waals surface area (Å²) in [5.74, 6) is -3.67. The van der Waals surface area contributed by atoms with E-state index in [0.29, 0.717) is 12.8 Å². The number of rotatable bonds is 2. The Balaban J connectivity index is 1.93. The van der Waals surface area contributed by atoms with E-state index in [0.717, 1.165) is 29.9 Å². The van der Waals surface area contributed by atoms with Gasteiger partial charge in [0.05, 0.1) is 23.3 Å². The first kappa shape index (κ1) is 13.2. The van der Waals surface area contributed by atoms with Crippen LogP contribution in [-0.2, 0) is 0 Å². The van der Waals surface area contributed by atoms with E-state index in [1.807, 2.05) is 0 Å². The number of hydrogen-bond donors (Lipinski definition) is 1. The fourth-order valence-electron chi connectivity index (χ4n) is 2.91.